The number of hydrogen-bond donors (Lipinski definition) is 0. The van der Waals surface area contributed by atoms with E-state index in [1.807, 2.05) is 73.9 Å². The molecule has 190 valence electrons. The molecule has 0 spiro atoms. The van der Waals surface area contributed by atoms with Crippen molar-refractivity contribution in [2.24, 2.45) is 0 Å². The van der Waals surface area contributed by atoms with Crippen molar-refractivity contribution in [3.05, 3.63) is 118 Å². The maximum atomic E-state index is 13.6. The third-order valence-electron chi connectivity index (χ3n) is 6.52. The van der Waals surface area contributed by atoms with Crippen molar-refractivity contribution in [1.82, 2.24) is 14.5 Å². The molecule has 4 rings (SSSR count). The van der Waals surface area contributed by atoms with E-state index >= 15 is 0 Å². The predicted molar refractivity (Wildman–Crippen MR) is 148 cm³/mol. The van der Waals surface area contributed by atoms with Crippen molar-refractivity contribution in [2.75, 3.05) is 13.2 Å². The lowest BCUT2D eigenvalue weighted by atomic mass is 9.97. The molecule has 3 aromatic rings. The van der Waals surface area contributed by atoms with Crippen LogP contribution in [0.1, 0.15) is 42.6 Å². The molecule has 1 aliphatic rings. The first-order valence-electron chi connectivity index (χ1n) is 12.6. The van der Waals surface area contributed by atoms with Gasteiger partial charge in [-0.25, -0.2) is 0 Å². The van der Waals surface area contributed by atoms with Crippen LogP contribution in [0.4, 0.5) is 0 Å². The fourth-order valence-electron chi connectivity index (χ4n) is 4.56. The molecule has 37 heavy (non-hydrogen) atoms. The molecule has 6 nitrogen and oxygen atoms in total. The van der Waals surface area contributed by atoms with Crippen molar-refractivity contribution in [3.63, 3.8) is 0 Å². The van der Waals surface area contributed by atoms with E-state index in [2.05, 4.69) is 29.8 Å². The lowest BCUT2D eigenvalue weighted by Gasteiger charge is -2.34. The lowest BCUT2D eigenvalue weighted by Crippen LogP contribution is -2.46. The number of ether oxygens (including phenoxy) is 1. The molecule has 0 saturated carbocycles. The van der Waals surface area contributed by atoms with Gasteiger partial charge < -0.3 is 14.2 Å². The van der Waals surface area contributed by atoms with E-state index in [1.165, 1.54) is 0 Å². The number of nitrogens with zero attached hydrogens (tertiary/aromatic N) is 3. The Morgan fingerprint density at radius 1 is 1.08 bits per heavy atom. The Kier molecular flexibility index (Phi) is 8.18. The highest BCUT2D eigenvalue weighted by molar-refractivity contribution is 5.96. The van der Waals surface area contributed by atoms with Crippen molar-refractivity contribution in [3.8, 4) is 16.9 Å². The second-order valence-corrected chi connectivity index (χ2v) is 9.20. The summed E-state index contributed by atoms with van der Waals surface area (Å²) in [6.07, 6.45) is 7.66. The normalized spacial score (nSPS) is 13.8. The Morgan fingerprint density at radius 3 is 2.51 bits per heavy atom. The number of allylic oxidation sites excluding steroid dienone is 3. The van der Waals surface area contributed by atoms with Gasteiger partial charge in [-0.15, -0.1) is 0 Å². The molecule has 0 fully saturated rings. The second kappa shape index (κ2) is 11.7. The molecule has 1 aromatic heterocycles. The van der Waals surface area contributed by atoms with Crippen LogP contribution in [0.2, 0.25) is 0 Å². The molecule has 6 heteroatoms. The van der Waals surface area contributed by atoms with E-state index in [9.17, 15) is 9.59 Å². The highest BCUT2D eigenvalue weighted by Gasteiger charge is 2.33. The molecule has 1 aliphatic heterocycles. The summed E-state index contributed by atoms with van der Waals surface area (Å²) in [5, 5.41) is 0. The lowest BCUT2D eigenvalue weighted by molar-refractivity contribution is 0.0636. The van der Waals surface area contributed by atoms with E-state index in [-0.39, 0.29) is 30.0 Å². The van der Waals surface area contributed by atoms with E-state index in [1.54, 1.807) is 17.1 Å². The topological polar surface area (TPSA) is 64.4 Å². The molecule has 0 radical (unpaired) electrons. The number of hydrogen-bond acceptors (Lipinski definition) is 4. The van der Waals surface area contributed by atoms with Crippen LogP contribution in [0.5, 0.6) is 5.75 Å². The molecule has 0 aliphatic carbocycles. The van der Waals surface area contributed by atoms with E-state index in [4.69, 9.17) is 4.74 Å². The summed E-state index contributed by atoms with van der Waals surface area (Å²) in [5.41, 5.74) is 3.81. The standard InChI is InChI=1S/C31H33N3O3/c1-5-7-13-23(6-2)21-37-29-28-31(36)33(22(3)4)18-19-34(28)27(32-30(29)35)20-25-16-11-12-17-26(25)24-14-9-8-10-15-24/h5-17,22H,1,18-21H2,2-4H3. The molecule has 2 aromatic carbocycles. The number of amides is 1. The Balaban J connectivity index is 1.78. The summed E-state index contributed by atoms with van der Waals surface area (Å²) in [6.45, 7) is 10.8. The van der Waals surface area contributed by atoms with Crippen LogP contribution < -0.4 is 10.3 Å². The SMILES string of the molecule is C=CC=CC(=CC)COc1c2n(c(Cc3ccccc3-c3ccccc3)nc1=O)CCN(C(C)C)C2=O. The Bertz CT molecular complexity index is 1400. The van der Waals surface area contributed by atoms with E-state index in [0.29, 0.717) is 25.3 Å². The van der Waals surface area contributed by atoms with E-state index in [0.717, 1.165) is 22.3 Å². The Labute approximate surface area is 218 Å². The fourth-order valence-corrected chi connectivity index (χ4v) is 4.56. The zero-order valence-electron chi connectivity index (χ0n) is 21.7. The fraction of sp³-hybridized carbons (Fsp3) is 0.258. The number of carbonyl (C=O) groups excluding carboxylic acids is 1. The average Bonchev–Trinajstić information content (AvgIpc) is 2.91. The molecule has 1 amide bonds. The molecule has 0 saturated heterocycles. The molecule has 0 atom stereocenters. The van der Waals surface area contributed by atoms with Crippen molar-refractivity contribution >= 4 is 5.91 Å². The maximum absolute atomic E-state index is 13.6. The Hall–Kier alpha value is -4.19. The molecule has 2 heterocycles. The van der Waals surface area contributed by atoms with Gasteiger partial charge in [0.25, 0.3) is 5.91 Å². The van der Waals surface area contributed by atoms with Crippen LogP contribution in [0, 0.1) is 0 Å². The smallest absolute Gasteiger partial charge is 0.316 e. The van der Waals surface area contributed by atoms with Gasteiger partial charge in [-0.3, -0.25) is 9.59 Å². The summed E-state index contributed by atoms with van der Waals surface area (Å²) < 4.78 is 7.85. The molecular formula is C31H33N3O3. The monoisotopic (exact) mass is 495 g/mol. The molecular weight excluding hydrogens is 462 g/mol. The second-order valence-electron chi connectivity index (χ2n) is 9.20. The highest BCUT2D eigenvalue weighted by atomic mass is 16.5. The van der Waals surface area contributed by atoms with Crippen molar-refractivity contribution < 1.29 is 9.53 Å². The van der Waals surface area contributed by atoms with Crippen LogP contribution in [0.3, 0.4) is 0 Å². The molecule has 0 bridgehead atoms. The van der Waals surface area contributed by atoms with Crippen LogP contribution in [0.25, 0.3) is 11.1 Å². The average molecular weight is 496 g/mol. The largest absolute Gasteiger partial charge is 0.481 e. The van der Waals surface area contributed by atoms with Gasteiger partial charge in [-0.1, -0.05) is 85.5 Å². The van der Waals surface area contributed by atoms with Gasteiger partial charge >= 0.3 is 5.56 Å². The number of rotatable bonds is 9. The zero-order chi connectivity index (χ0) is 26.4. The summed E-state index contributed by atoms with van der Waals surface area (Å²) >= 11 is 0. The Morgan fingerprint density at radius 2 is 1.81 bits per heavy atom. The number of carbonyl (C=O) groups is 1. The van der Waals surface area contributed by atoms with Crippen LogP contribution in [0.15, 0.2) is 95.8 Å². The van der Waals surface area contributed by atoms with Gasteiger partial charge in [0.1, 0.15) is 12.4 Å². The van der Waals surface area contributed by atoms with Crippen LogP contribution in [-0.2, 0) is 13.0 Å². The van der Waals surface area contributed by atoms with Gasteiger partial charge in [-0.05, 0) is 43.0 Å². The van der Waals surface area contributed by atoms with Gasteiger partial charge in [0.05, 0.1) is 0 Å². The third-order valence-corrected chi connectivity index (χ3v) is 6.52. The van der Waals surface area contributed by atoms with Crippen molar-refractivity contribution in [2.45, 2.75) is 39.8 Å². The maximum Gasteiger partial charge on any atom is 0.316 e. The number of aromatic nitrogens is 2. The van der Waals surface area contributed by atoms with Gasteiger partial charge in [0, 0.05) is 25.6 Å². The van der Waals surface area contributed by atoms with Gasteiger partial charge in [0.15, 0.2) is 5.69 Å². The number of benzene rings is 2. The summed E-state index contributed by atoms with van der Waals surface area (Å²) in [6, 6.07) is 18.2. The first-order chi connectivity index (χ1) is 17.9. The summed E-state index contributed by atoms with van der Waals surface area (Å²) in [7, 11) is 0. The summed E-state index contributed by atoms with van der Waals surface area (Å²) in [4.78, 5) is 33.2. The first-order valence-corrected chi connectivity index (χ1v) is 12.6. The summed E-state index contributed by atoms with van der Waals surface area (Å²) in [5.74, 6) is 0.351. The third kappa shape index (κ3) is 5.64. The van der Waals surface area contributed by atoms with E-state index < -0.39 is 5.56 Å². The van der Waals surface area contributed by atoms with Crippen LogP contribution in [-0.4, -0.2) is 39.6 Å². The zero-order valence-corrected chi connectivity index (χ0v) is 21.7. The first kappa shape index (κ1) is 25.9. The minimum absolute atomic E-state index is 0.00115. The number of fused-ring (bicyclic) bond motifs is 1. The minimum Gasteiger partial charge on any atom is -0.481 e. The van der Waals surface area contributed by atoms with Gasteiger partial charge in [-0.2, -0.15) is 4.98 Å². The minimum atomic E-state index is -0.527. The molecule has 0 unspecified atom stereocenters. The van der Waals surface area contributed by atoms with Crippen LogP contribution >= 0.6 is 0 Å². The quantitative estimate of drug-likeness (QED) is 0.371. The van der Waals surface area contributed by atoms with Gasteiger partial charge in [0.2, 0.25) is 5.75 Å². The predicted octanol–water partition coefficient (Wildman–Crippen LogP) is 5.43. The highest BCUT2D eigenvalue weighted by Crippen LogP contribution is 2.28. The molecule has 0 N–H and O–H groups in total. The van der Waals surface area contributed by atoms with Crippen molar-refractivity contribution in [1.29, 1.82) is 0 Å².